The highest BCUT2D eigenvalue weighted by Crippen LogP contribution is 2.34. The second kappa shape index (κ2) is 8.99. The Labute approximate surface area is 196 Å². The molecule has 2 aromatic heterocycles. The van der Waals surface area contributed by atoms with Gasteiger partial charge in [0.1, 0.15) is 11.3 Å². The Bertz CT molecular complexity index is 1370. The SMILES string of the molecule is CC(=O)Nc1ccc2nc(NC(=S)NC(=O)c3ccc(-c4cccc(Cl)c4Cl)o3)oc2c1. The Kier molecular flexibility index (Phi) is 6.13. The number of carbonyl (C=O) groups excluding carboxylic acids is 2. The van der Waals surface area contributed by atoms with Crippen molar-refractivity contribution >= 4 is 75.1 Å². The number of rotatable bonds is 4. The second-order valence-electron chi connectivity index (χ2n) is 6.56. The van der Waals surface area contributed by atoms with E-state index >= 15 is 0 Å². The first-order valence-electron chi connectivity index (χ1n) is 9.15. The third-order valence-corrected chi connectivity index (χ3v) is 5.23. The zero-order chi connectivity index (χ0) is 22.8. The quantitative estimate of drug-likeness (QED) is 0.326. The fourth-order valence-electron chi connectivity index (χ4n) is 2.85. The first kappa shape index (κ1) is 21.8. The van der Waals surface area contributed by atoms with Gasteiger partial charge in [0.15, 0.2) is 16.5 Å². The van der Waals surface area contributed by atoms with Gasteiger partial charge in [-0.3, -0.25) is 20.2 Å². The number of oxazole rings is 1. The van der Waals surface area contributed by atoms with Gasteiger partial charge in [0, 0.05) is 24.2 Å². The van der Waals surface area contributed by atoms with Crippen molar-refractivity contribution in [2.24, 2.45) is 0 Å². The lowest BCUT2D eigenvalue weighted by molar-refractivity contribution is -0.114. The molecule has 0 atom stereocenters. The summed E-state index contributed by atoms with van der Waals surface area (Å²) < 4.78 is 11.2. The number of hydrogen-bond donors (Lipinski definition) is 3. The molecule has 2 heterocycles. The van der Waals surface area contributed by atoms with E-state index in [1.165, 1.54) is 13.0 Å². The molecule has 8 nitrogen and oxygen atoms in total. The smallest absolute Gasteiger partial charge is 0.302 e. The van der Waals surface area contributed by atoms with Crippen LogP contribution in [0, 0.1) is 0 Å². The number of halogens is 2. The van der Waals surface area contributed by atoms with Gasteiger partial charge in [0.05, 0.1) is 10.0 Å². The van der Waals surface area contributed by atoms with E-state index in [4.69, 9.17) is 44.3 Å². The summed E-state index contributed by atoms with van der Waals surface area (Å²) in [7, 11) is 0. The van der Waals surface area contributed by atoms with Crippen LogP contribution in [0.2, 0.25) is 10.0 Å². The standard InChI is InChI=1S/C21H14Cl2N4O4S/c1-10(28)24-11-5-6-14-17(9-11)31-20(25-14)27-21(32)26-19(29)16-8-7-15(30-16)12-3-2-4-13(22)18(12)23/h2-9H,1H3,(H,24,28)(H2,25,26,27,29,32). The molecule has 32 heavy (non-hydrogen) atoms. The molecule has 2 amide bonds. The van der Waals surface area contributed by atoms with Crippen LogP contribution in [-0.2, 0) is 4.79 Å². The van der Waals surface area contributed by atoms with E-state index in [0.29, 0.717) is 38.2 Å². The molecule has 4 aromatic rings. The molecule has 4 rings (SSSR count). The lowest BCUT2D eigenvalue weighted by Gasteiger charge is -2.05. The number of amides is 2. The minimum Gasteiger partial charge on any atom is -0.451 e. The van der Waals surface area contributed by atoms with Crippen LogP contribution in [0.15, 0.2) is 57.4 Å². The number of hydrogen-bond acceptors (Lipinski definition) is 6. The minimum atomic E-state index is -0.573. The molecule has 2 aromatic carbocycles. The number of nitrogens with zero attached hydrogens (tertiary/aromatic N) is 1. The molecule has 0 radical (unpaired) electrons. The normalized spacial score (nSPS) is 10.7. The van der Waals surface area contributed by atoms with Crippen LogP contribution in [0.5, 0.6) is 0 Å². The largest absolute Gasteiger partial charge is 0.451 e. The van der Waals surface area contributed by atoms with Crippen LogP contribution in [0.1, 0.15) is 17.5 Å². The minimum absolute atomic E-state index is 0.0257. The van der Waals surface area contributed by atoms with Crippen molar-refractivity contribution in [3.63, 3.8) is 0 Å². The van der Waals surface area contributed by atoms with Gasteiger partial charge >= 0.3 is 6.01 Å². The second-order valence-corrected chi connectivity index (χ2v) is 7.75. The van der Waals surface area contributed by atoms with E-state index in [9.17, 15) is 9.59 Å². The number of furan rings is 1. The first-order chi connectivity index (χ1) is 15.3. The fraction of sp³-hybridized carbons (Fsp3) is 0.0476. The van der Waals surface area contributed by atoms with Crippen molar-refractivity contribution in [1.82, 2.24) is 10.3 Å². The molecule has 0 fully saturated rings. The molecule has 0 aliphatic carbocycles. The summed E-state index contributed by atoms with van der Waals surface area (Å²) in [4.78, 5) is 27.9. The lowest BCUT2D eigenvalue weighted by atomic mass is 10.2. The van der Waals surface area contributed by atoms with E-state index in [0.717, 1.165) is 0 Å². The summed E-state index contributed by atoms with van der Waals surface area (Å²) in [6, 6.07) is 13.3. The van der Waals surface area contributed by atoms with Gasteiger partial charge in [-0.1, -0.05) is 29.3 Å². The molecule has 0 saturated heterocycles. The summed E-state index contributed by atoms with van der Waals surface area (Å²) >= 11 is 17.4. The monoisotopic (exact) mass is 488 g/mol. The van der Waals surface area contributed by atoms with E-state index in [1.807, 2.05) is 0 Å². The lowest BCUT2D eigenvalue weighted by Crippen LogP contribution is -2.33. The van der Waals surface area contributed by atoms with Crippen molar-refractivity contribution in [1.29, 1.82) is 0 Å². The summed E-state index contributed by atoms with van der Waals surface area (Å²) in [5.41, 5.74) is 2.10. The van der Waals surface area contributed by atoms with E-state index < -0.39 is 5.91 Å². The molecule has 3 N–H and O–H groups in total. The number of carbonyl (C=O) groups is 2. The molecular weight excluding hydrogens is 475 g/mol. The number of fused-ring (bicyclic) bond motifs is 1. The molecule has 0 bridgehead atoms. The van der Waals surface area contributed by atoms with Gasteiger partial charge in [-0.25, -0.2) is 0 Å². The van der Waals surface area contributed by atoms with E-state index in [2.05, 4.69) is 20.9 Å². The van der Waals surface area contributed by atoms with E-state index in [1.54, 1.807) is 42.5 Å². The molecule has 162 valence electrons. The molecule has 11 heteroatoms. The maximum absolute atomic E-state index is 12.5. The summed E-state index contributed by atoms with van der Waals surface area (Å²) in [6.45, 7) is 1.41. The zero-order valence-corrected chi connectivity index (χ0v) is 18.7. The van der Waals surface area contributed by atoms with Crippen LogP contribution in [0.4, 0.5) is 11.7 Å². The van der Waals surface area contributed by atoms with Gasteiger partial charge in [0.25, 0.3) is 5.91 Å². The van der Waals surface area contributed by atoms with Crippen molar-refractivity contribution in [2.75, 3.05) is 10.6 Å². The summed E-state index contributed by atoms with van der Waals surface area (Å²) in [6.07, 6.45) is 0. The number of anilines is 2. The van der Waals surface area contributed by atoms with Crippen molar-refractivity contribution in [3.8, 4) is 11.3 Å². The van der Waals surface area contributed by atoms with Gasteiger partial charge < -0.3 is 14.2 Å². The first-order valence-corrected chi connectivity index (χ1v) is 10.3. The average molecular weight is 489 g/mol. The van der Waals surface area contributed by atoms with Crippen LogP contribution in [0.3, 0.4) is 0 Å². The number of nitrogens with one attached hydrogen (secondary N) is 3. The van der Waals surface area contributed by atoms with Crippen LogP contribution < -0.4 is 16.0 Å². The number of benzene rings is 2. The predicted octanol–water partition coefficient (Wildman–Crippen LogP) is 5.48. The molecule has 0 spiro atoms. The predicted molar refractivity (Wildman–Crippen MR) is 126 cm³/mol. The Hall–Kier alpha value is -3.40. The maximum Gasteiger partial charge on any atom is 0.302 e. The van der Waals surface area contributed by atoms with Gasteiger partial charge in [0.2, 0.25) is 5.91 Å². The Morgan fingerprint density at radius 2 is 1.84 bits per heavy atom. The highest BCUT2D eigenvalue weighted by atomic mass is 35.5. The van der Waals surface area contributed by atoms with Crippen LogP contribution in [0.25, 0.3) is 22.4 Å². The molecule has 0 saturated carbocycles. The maximum atomic E-state index is 12.5. The van der Waals surface area contributed by atoms with Crippen LogP contribution >= 0.6 is 35.4 Å². The van der Waals surface area contributed by atoms with Crippen molar-refractivity contribution in [3.05, 3.63) is 64.3 Å². The fourth-order valence-corrected chi connectivity index (χ4v) is 3.42. The molecule has 0 aliphatic rings. The average Bonchev–Trinajstić information content (AvgIpc) is 3.36. The highest BCUT2D eigenvalue weighted by Gasteiger charge is 2.17. The van der Waals surface area contributed by atoms with E-state index in [-0.39, 0.29) is 22.8 Å². The van der Waals surface area contributed by atoms with Crippen molar-refractivity contribution in [2.45, 2.75) is 6.92 Å². The number of thiocarbonyl (C=S) groups is 1. The van der Waals surface area contributed by atoms with Crippen LogP contribution in [-0.4, -0.2) is 21.9 Å². The zero-order valence-electron chi connectivity index (χ0n) is 16.4. The Morgan fingerprint density at radius 1 is 1.03 bits per heavy atom. The third-order valence-electron chi connectivity index (χ3n) is 4.20. The highest BCUT2D eigenvalue weighted by molar-refractivity contribution is 7.80. The van der Waals surface area contributed by atoms with Crippen molar-refractivity contribution < 1.29 is 18.4 Å². The molecule has 0 aliphatic heterocycles. The molecule has 0 unspecified atom stereocenters. The number of aromatic nitrogens is 1. The van der Waals surface area contributed by atoms with Gasteiger partial charge in [-0.05, 0) is 48.6 Å². The summed E-state index contributed by atoms with van der Waals surface area (Å²) in [5, 5.41) is 8.51. The summed E-state index contributed by atoms with van der Waals surface area (Å²) in [5.74, 6) is -0.367. The third kappa shape index (κ3) is 4.75. The topological polar surface area (TPSA) is 109 Å². The Balaban J connectivity index is 1.43. The van der Waals surface area contributed by atoms with Gasteiger partial charge in [-0.2, -0.15) is 4.98 Å². The Morgan fingerprint density at radius 3 is 2.62 bits per heavy atom. The molecular formula is C21H14Cl2N4O4S. The van der Waals surface area contributed by atoms with Gasteiger partial charge in [-0.15, -0.1) is 0 Å².